The molecule has 5 heteroatoms. The lowest BCUT2D eigenvalue weighted by atomic mass is 10.1. The highest BCUT2D eigenvalue weighted by Crippen LogP contribution is 2.19. The van der Waals surface area contributed by atoms with E-state index in [9.17, 15) is 4.79 Å². The van der Waals surface area contributed by atoms with Crippen LogP contribution in [0, 0.1) is 11.3 Å². The Labute approximate surface area is 118 Å². The van der Waals surface area contributed by atoms with Gasteiger partial charge in [0.15, 0.2) is 0 Å². The van der Waals surface area contributed by atoms with Gasteiger partial charge in [0.1, 0.15) is 11.8 Å². The number of hydrogen-bond acceptors (Lipinski definition) is 4. The zero-order valence-corrected chi connectivity index (χ0v) is 11.8. The maximum Gasteiger partial charge on any atom is 0.237 e. The monoisotopic (exact) mass is 273 g/mol. The third kappa shape index (κ3) is 3.72. The molecule has 2 rings (SSSR count). The largest absolute Gasteiger partial charge is 0.495 e. The second kappa shape index (κ2) is 6.40. The number of ether oxygens (including phenoxy) is 1. The molecule has 5 nitrogen and oxygen atoms in total. The smallest absolute Gasteiger partial charge is 0.237 e. The number of rotatable bonds is 6. The third-order valence-corrected chi connectivity index (χ3v) is 3.31. The molecule has 20 heavy (non-hydrogen) atoms. The van der Waals surface area contributed by atoms with E-state index in [0.29, 0.717) is 23.9 Å². The van der Waals surface area contributed by atoms with E-state index >= 15 is 0 Å². The highest BCUT2D eigenvalue weighted by atomic mass is 16.5. The van der Waals surface area contributed by atoms with Gasteiger partial charge < -0.3 is 15.4 Å². The van der Waals surface area contributed by atoms with Crippen LogP contribution in [0.3, 0.4) is 0 Å². The van der Waals surface area contributed by atoms with Crippen molar-refractivity contribution in [2.45, 2.75) is 38.4 Å². The van der Waals surface area contributed by atoms with Gasteiger partial charge in [0, 0.05) is 12.6 Å². The molecule has 106 valence electrons. The molecule has 0 bridgehead atoms. The van der Waals surface area contributed by atoms with Crippen LogP contribution in [0.2, 0.25) is 0 Å². The Morgan fingerprint density at radius 2 is 2.30 bits per heavy atom. The molecule has 0 spiro atoms. The first kappa shape index (κ1) is 14.4. The SMILES string of the molecule is COc1ccc(CNC(C)C(=O)NC2CC2)cc1C#N. The summed E-state index contributed by atoms with van der Waals surface area (Å²) in [6.45, 7) is 2.38. The van der Waals surface area contributed by atoms with Gasteiger partial charge in [-0.1, -0.05) is 6.07 Å². The van der Waals surface area contributed by atoms with Gasteiger partial charge in [-0.05, 0) is 37.5 Å². The maximum atomic E-state index is 11.8. The van der Waals surface area contributed by atoms with Gasteiger partial charge in [0.25, 0.3) is 0 Å². The van der Waals surface area contributed by atoms with Gasteiger partial charge >= 0.3 is 0 Å². The van der Waals surface area contributed by atoms with Crippen LogP contribution in [0.25, 0.3) is 0 Å². The maximum absolute atomic E-state index is 11.8. The summed E-state index contributed by atoms with van der Waals surface area (Å²) in [4.78, 5) is 11.8. The van der Waals surface area contributed by atoms with E-state index in [1.807, 2.05) is 13.0 Å². The molecule has 1 aromatic rings. The van der Waals surface area contributed by atoms with Crippen LogP contribution < -0.4 is 15.4 Å². The van der Waals surface area contributed by atoms with Crippen molar-refractivity contribution in [3.63, 3.8) is 0 Å². The van der Waals surface area contributed by atoms with E-state index < -0.39 is 0 Å². The molecule has 0 aliphatic heterocycles. The Morgan fingerprint density at radius 1 is 1.55 bits per heavy atom. The molecule has 1 amide bonds. The number of carbonyl (C=O) groups excluding carboxylic acids is 1. The minimum atomic E-state index is -0.247. The molecule has 2 N–H and O–H groups in total. The van der Waals surface area contributed by atoms with Crippen molar-refractivity contribution in [3.8, 4) is 11.8 Å². The number of amides is 1. The van der Waals surface area contributed by atoms with Crippen molar-refractivity contribution in [1.82, 2.24) is 10.6 Å². The minimum absolute atomic E-state index is 0.0292. The summed E-state index contributed by atoms with van der Waals surface area (Å²) in [5.41, 5.74) is 1.45. The molecule has 0 heterocycles. The molecule has 1 aromatic carbocycles. The molecule has 0 saturated heterocycles. The molecule has 0 radical (unpaired) electrons. The quantitative estimate of drug-likeness (QED) is 0.820. The molecule has 1 saturated carbocycles. The lowest BCUT2D eigenvalue weighted by Crippen LogP contribution is -2.42. The molecule has 0 aromatic heterocycles. The standard InChI is InChI=1S/C15H19N3O2/c1-10(15(19)18-13-4-5-13)17-9-11-3-6-14(20-2)12(7-11)8-16/h3,6-7,10,13,17H,4-5,9H2,1-2H3,(H,18,19). The Balaban J connectivity index is 1.89. The summed E-state index contributed by atoms with van der Waals surface area (Å²) in [5, 5.41) is 15.1. The van der Waals surface area contributed by atoms with E-state index in [0.717, 1.165) is 18.4 Å². The summed E-state index contributed by atoms with van der Waals surface area (Å²) in [6.07, 6.45) is 2.17. The summed E-state index contributed by atoms with van der Waals surface area (Å²) in [6, 6.07) is 7.66. The van der Waals surface area contributed by atoms with Gasteiger partial charge in [0.05, 0.1) is 18.7 Å². The number of methoxy groups -OCH3 is 1. The summed E-state index contributed by atoms with van der Waals surface area (Å²) in [7, 11) is 1.54. The van der Waals surface area contributed by atoms with Crippen molar-refractivity contribution in [3.05, 3.63) is 29.3 Å². The van der Waals surface area contributed by atoms with Gasteiger partial charge in [-0.3, -0.25) is 4.79 Å². The van der Waals surface area contributed by atoms with Crippen LogP contribution in [-0.4, -0.2) is 25.1 Å². The number of nitrogens with zero attached hydrogens (tertiary/aromatic N) is 1. The Kier molecular flexibility index (Phi) is 4.59. The fraction of sp³-hybridized carbons (Fsp3) is 0.467. The normalized spacial score (nSPS) is 15.2. The third-order valence-electron chi connectivity index (χ3n) is 3.31. The highest BCUT2D eigenvalue weighted by Gasteiger charge is 2.25. The van der Waals surface area contributed by atoms with Crippen LogP contribution in [0.15, 0.2) is 18.2 Å². The van der Waals surface area contributed by atoms with Gasteiger partial charge in [-0.2, -0.15) is 5.26 Å². The van der Waals surface area contributed by atoms with Crippen molar-refractivity contribution in [2.24, 2.45) is 0 Å². The predicted octanol–water partition coefficient (Wildman–Crippen LogP) is 1.32. The lowest BCUT2D eigenvalue weighted by Gasteiger charge is -2.14. The minimum Gasteiger partial charge on any atom is -0.495 e. The number of carbonyl (C=O) groups is 1. The molecule has 1 atom stereocenters. The van der Waals surface area contributed by atoms with Crippen molar-refractivity contribution < 1.29 is 9.53 Å². The zero-order valence-electron chi connectivity index (χ0n) is 11.8. The fourth-order valence-corrected chi connectivity index (χ4v) is 1.87. The number of nitrogens with one attached hydrogen (secondary N) is 2. The first-order valence-electron chi connectivity index (χ1n) is 6.75. The predicted molar refractivity (Wildman–Crippen MR) is 75.2 cm³/mol. The Hall–Kier alpha value is -2.06. The van der Waals surface area contributed by atoms with Crippen molar-refractivity contribution in [1.29, 1.82) is 5.26 Å². The molecular weight excluding hydrogens is 254 g/mol. The summed E-state index contributed by atoms with van der Waals surface area (Å²) >= 11 is 0. The average molecular weight is 273 g/mol. The van der Waals surface area contributed by atoms with Gasteiger partial charge in [0.2, 0.25) is 5.91 Å². The summed E-state index contributed by atoms with van der Waals surface area (Å²) in [5.74, 6) is 0.595. The van der Waals surface area contributed by atoms with Crippen LogP contribution in [0.1, 0.15) is 30.9 Å². The fourth-order valence-electron chi connectivity index (χ4n) is 1.87. The molecule has 1 fully saturated rings. The van der Waals surface area contributed by atoms with E-state index in [4.69, 9.17) is 10.00 Å². The first-order valence-corrected chi connectivity index (χ1v) is 6.75. The van der Waals surface area contributed by atoms with Gasteiger partial charge in [-0.25, -0.2) is 0 Å². The lowest BCUT2D eigenvalue weighted by molar-refractivity contribution is -0.122. The van der Waals surface area contributed by atoms with E-state index in [1.54, 1.807) is 19.2 Å². The van der Waals surface area contributed by atoms with E-state index in [2.05, 4.69) is 16.7 Å². The van der Waals surface area contributed by atoms with Crippen LogP contribution in [0.5, 0.6) is 5.75 Å². The van der Waals surface area contributed by atoms with Crippen LogP contribution in [-0.2, 0) is 11.3 Å². The van der Waals surface area contributed by atoms with E-state index in [-0.39, 0.29) is 11.9 Å². The van der Waals surface area contributed by atoms with E-state index in [1.165, 1.54) is 0 Å². The van der Waals surface area contributed by atoms with Gasteiger partial charge in [-0.15, -0.1) is 0 Å². The molecule has 1 aliphatic carbocycles. The zero-order chi connectivity index (χ0) is 14.5. The number of hydrogen-bond donors (Lipinski definition) is 2. The number of benzene rings is 1. The van der Waals surface area contributed by atoms with Crippen molar-refractivity contribution in [2.75, 3.05) is 7.11 Å². The number of nitriles is 1. The molecular formula is C15H19N3O2. The van der Waals surface area contributed by atoms with Crippen LogP contribution >= 0.6 is 0 Å². The van der Waals surface area contributed by atoms with Crippen LogP contribution in [0.4, 0.5) is 0 Å². The molecule has 1 unspecified atom stereocenters. The Bertz CT molecular complexity index is 532. The summed E-state index contributed by atoms with van der Waals surface area (Å²) < 4.78 is 5.10. The van der Waals surface area contributed by atoms with Crippen molar-refractivity contribution >= 4 is 5.91 Å². The average Bonchev–Trinajstić information content (AvgIpc) is 3.28. The topological polar surface area (TPSA) is 74.2 Å². The molecule has 1 aliphatic rings. The second-order valence-electron chi connectivity index (χ2n) is 5.03. The first-order chi connectivity index (χ1) is 9.63. The Morgan fingerprint density at radius 3 is 2.90 bits per heavy atom. The highest BCUT2D eigenvalue weighted by molar-refractivity contribution is 5.81. The second-order valence-corrected chi connectivity index (χ2v) is 5.03.